The molecule has 0 atom stereocenters. The molecule has 0 aliphatic rings. The highest BCUT2D eigenvalue weighted by Crippen LogP contribution is 2.29. The Morgan fingerprint density at radius 1 is 1.47 bits per heavy atom. The van der Waals surface area contributed by atoms with Gasteiger partial charge in [-0.3, -0.25) is 10.1 Å². The van der Waals surface area contributed by atoms with E-state index in [0.29, 0.717) is 15.7 Å². The molecule has 2 heterocycles. The number of nitrogens with zero attached hydrogens (tertiary/aromatic N) is 3. The zero-order valence-electron chi connectivity index (χ0n) is 9.26. The van der Waals surface area contributed by atoms with E-state index in [1.165, 1.54) is 18.1 Å². The number of hydrogen-bond donors (Lipinski definition) is 2. The number of pyridine rings is 1. The van der Waals surface area contributed by atoms with E-state index in [2.05, 4.69) is 20.2 Å². The molecule has 17 heavy (non-hydrogen) atoms. The molecule has 0 radical (unpaired) electrons. The van der Waals surface area contributed by atoms with Gasteiger partial charge < -0.3 is 5.11 Å². The normalized spacial score (nSPS) is 10.5. The quantitative estimate of drug-likeness (QED) is 0.860. The molecule has 0 aromatic carbocycles. The van der Waals surface area contributed by atoms with Crippen LogP contribution in [0, 0.1) is 13.8 Å². The van der Waals surface area contributed by atoms with Gasteiger partial charge in [0.15, 0.2) is 5.16 Å². The fourth-order valence-electron chi connectivity index (χ4n) is 1.48. The third kappa shape index (κ3) is 2.44. The first-order chi connectivity index (χ1) is 8.08. The molecule has 2 N–H and O–H groups in total. The number of aryl methyl sites for hydroxylation is 2. The Morgan fingerprint density at radius 2 is 2.24 bits per heavy atom. The standard InChI is InChI=1S/C10H10N4O2S/c1-5-3-7(17-10-11-4-12-14-10)8(9(15)16)6(2)13-5/h3-4H,1-2H3,(H,15,16)(H,11,12,14). The first-order valence-corrected chi connectivity index (χ1v) is 5.64. The van der Waals surface area contributed by atoms with Crippen LogP contribution in [0.3, 0.4) is 0 Å². The van der Waals surface area contributed by atoms with Crippen molar-refractivity contribution in [2.75, 3.05) is 0 Å². The van der Waals surface area contributed by atoms with Gasteiger partial charge in [-0.15, -0.1) is 0 Å². The number of nitrogens with one attached hydrogen (secondary N) is 1. The number of aromatic carboxylic acids is 1. The maximum atomic E-state index is 11.2. The lowest BCUT2D eigenvalue weighted by Gasteiger charge is -2.07. The highest BCUT2D eigenvalue weighted by Gasteiger charge is 2.17. The zero-order chi connectivity index (χ0) is 12.4. The third-order valence-electron chi connectivity index (χ3n) is 2.11. The monoisotopic (exact) mass is 250 g/mol. The summed E-state index contributed by atoms with van der Waals surface area (Å²) in [5, 5.41) is 16.1. The van der Waals surface area contributed by atoms with E-state index in [1.54, 1.807) is 13.0 Å². The number of carboxylic acids is 1. The average molecular weight is 250 g/mol. The molecule has 2 rings (SSSR count). The van der Waals surface area contributed by atoms with Gasteiger partial charge in [0, 0.05) is 10.6 Å². The Bertz CT molecular complexity index is 554. The van der Waals surface area contributed by atoms with Crippen molar-refractivity contribution >= 4 is 17.7 Å². The fraction of sp³-hybridized carbons (Fsp3) is 0.200. The summed E-state index contributed by atoms with van der Waals surface area (Å²) in [5.41, 5.74) is 1.48. The maximum Gasteiger partial charge on any atom is 0.338 e. The van der Waals surface area contributed by atoms with Gasteiger partial charge in [0.05, 0.1) is 11.3 Å². The van der Waals surface area contributed by atoms with Gasteiger partial charge in [0.25, 0.3) is 0 Å². The highest BCUT2D eigenvalue weighted by molar-refractivity contribution is 7.99. The lowest BCUT2D eigenvalue weighted by molar-refractivity contribution is 0.0691. The van der Waals surface area contributed by atoms with Crippen LogP contribution >= 0.6 is 11.8 Å². The molecule has 0 aliphatic carbocycles. The van der Waals surface area contributed by atoms with Gasteiger partial charge in [0.2, 0.25) is 0 Å². The topological polar surface area (TPSA) is 91.8 Å². The number of aromatic amines is 1. The van der Waals surface area contributed by atoms with E-state index in [-0.39, 0.29) is 5.56 Å². The van der Waals surface area contributed by atoms with Gasteiger partial charge in [-0.05, 0) is 31.7 Å². The van der Waals surface area contributed by atoms with Gasteiger partial charge in [-0.2, -0.15) is 5.10 Å². The van der Waals surface area contributed by atoms with Crippen LogP contribution in [0.25, 0.3) is 0 Å². The van der Waals surface area contributed by atoms with Crippen LogP contribution in [0.15, 0.2) is 22.4 Å². The van der Waals surface area contributed by atoms with Crippen LogP contribution in [0.2, 0.25) is 0 Å². The molecule has 2 aromatic rings. The van der Waals surface area contributed by atoms with E-state index >= 15 is 0 Å². The fourth-order valence-corrected chi connectivity index (χ4v) is 2.45. The average Bonchev–Trinajstić information content (AvgIpc) is 2.68. The summed E-state index contributed by atoms with van der Waals surface area (Å²) in [4.78, 5) is 19.9. The van der Waals surface area contributed by atoms with Gasteiger partial charge in [-0.1, -0.05) is 0 Å². The predicted octanol–water partition coefficient (Wildman–Crippen LogP) is 1.67. The van der Waals surface area contributed by atoms with Crippen molar-refractivity contribution in [2.24, 2.45) is 0 Å². The van der Waals surface area contributed by atoms with Crippen molar-refractivity contribution in [1.82, 2.24) is 20.2 Å². The molecule has 0 aliphatic heterocycles. The van der Waals surface area contributed by atoms with E-state index in [1.807, 2.05) is 6.92 Å². The number of rotatable bonds is 3. The second kappa shape index (κ2) is 4.54. The minimum atomic E-state index is -0.989. The summed E-state index contributed by atoms with van der Waals surface area (Å²) < 4.78 is 0. The molecular weight excluding hydrogens is 240 g/mol. The summed E-state index contributed by atoms with van der Waals surface area (Å²) in [7, 11) is 0. The van der Waals surface area contributed by atoms with Crippen molar-refractivity contribution in [3.05, 3.63) is 29.3 Å². The van der Waals surface area contributed by atoms with Crippen LogP contribution in [0.4, 0.5) is 0 Å². The van der Waals surface area contributed by atoms with E-state index in [4.69, 9.17) is 5.11 Å². The molecule has 0 bridgehead atoms. The molecule has 2 aromatic heterocycles. The minimum absolute atomic E-state index is 0.206. The lowest BCUT2D eigenvalue weighted by Crippen LogP contribution is -2.05. The zero-order valence-corrected chi connectivity index (χ0v) is 10.1. The third-order valence-corrected chi connectivity index (χ3v) is 3.04. The molecule has 0 amide bonds. The van der Waals surface area contributed by atoms with Crippen molar-refractivity contribution in [3.63, 3.8) is 0 Å². The van der Waals surface area contributed by atoms with Crippen LogP contribution in [-0.2, 0) is 0 Å². The molecule has 7 heteroatoms. The lowest BCUT2D eigenvalue weighted by atomic mass is 10.2. The Kier molecular flexibility index (Phi) is 3.10. The second-order valence-corrected chi connectivity index (χ2v) is 4.45. The summed E-state index contributed by atoms with van der Waals surface area (Å²) in [6.07, 6.45) is 1.38. The number of aromatic nitrogens is 4. The Morgan fingerprint density at radius 3 is 2.82 bits per heavy atom. The minimum Gasteiger partial charge on any atom is -0.478 e. The Labute approximate surface area is 101 Å². The summed E-state index contributed by atoms with van der Waals surface area (Å²) in [6, 6.07) is 1.73. The first kappa shape index (κ1) is 11.6. The number of H-pyrrole nitrogens is 1. The van der Waals surface area contributed by atoms with Crippen LogP contribution in [-0.4, -0.2) is 31.2 Å². The summed E-state index contributed by atoms with van der Waals surface area (Å²) in [6.45, 7) is 3.50. The SMILES string of the molecule is Cc1cc(Sc2ncn[nH]2)c(C(=O)O)c(C)n1. The van der Waals surface area contributed by atoms with Gasteiger partial charge in [0.1, 0.15) is 6.33 Å². The van der Waals surface area contributed by atoms with Crippen LogP contribution < -0.4 is 0 Å². The van der Waals surface area contributed by atoms with Gasteiger partial charge in [-0.25, -0.2) is 9.78 Å². The molecule has 0 saturated carbocycles. The first-order valence-electron chi connectivity index (χ1n) is 4.82. The molecule has 0 unspecified atom stereocenters. The van der Waals surface area contributed by atoms with Crippen LogP contribution in [0.1, 0.15) is 21.7 Å². The molecule has 88 valence electrons. The highest BCUT2D eigenvalue weighted by atomic mass is 32.2. The van der Waals surface area contributed by atoms with Crippen molar-refractivity contribution in [1.29, 1.82) is 0 Å². The molecule has 0 spiro atoms. The van der Waals surface area contributed by atoms with E-state index in [9.17, 15) is 4.79 Å². The number of carbonyl (C=O) groups is 1. The Balaban J connectivity index is 2.47. The number of hydrogen-bond acceptors (Lipinski definition) is 5. The maximum absolute atomic E-state index is 11.2. The summed E-state index contributed by atoms with van der Waals surface area (Å²) >= 11 is 1.23. The number of carboxylic acid groups (broad SMARTS) is 1. The van der Waals surface area contributed by atoms with Crippen molar-refractivity contribution in [3.8, 4) is 0 Å². The predicted molar refractivity (Wildman–Crippen MR) is 61.2 cm³/mol. The van der Waals surface area contributed by atoms with Crippen molar-refractivity contribution in [2.45, 2.75) is 23.9 Å². The summed E-state index contributed by atoms with van der Waals surface area (Å²) in [5.74, 6) is -0.989. The van der Waals surface area contributed by atoms with Crippen molar-refractivity contribution < 1.29 is 9.90 Å². The van der Waals surface area contributed by atoms with Crippen LogP contribution in [0.5, 0.6) is 0 Å². The van der Waals surface area contributed by atoms with E-state index < -0.39 is 5.97 Å². The Hall–Kier alpha value is -1.89. The second-order valence-electron chi connectivity index (χ2n) is 3.42. The largest absolute Gasteiger partial charge is 0.478 e. The van der Waals surface area contributed by atoms with Gasteiger partial charge >= 0.3 is 5.97 Å². The molecule has 0 saturated heterocycles. The van der Waals surface area contributed by atoms with E-state index in [0.717, 1.165) is 5.69 Å². The molecule has 0 fully saturated rings. The molecule has 6 nitrogen and oxygen atoms in total. The molecular formula is C10H10N4O2S. The smallest absolute Gasteiger partial charge is 0.338 e.